The number of ether oxygens (including phenoxy) is 1. The molecule has 0 aliphatic carbocycles. The molecule has 0 radical (unpaired) electrons. The Bertz CT molecular complexity index is 954. The van der Waals surface area contributed by atoms with Crippen molar-refractivity contribution in [3.8, 4) is 5.75 Å². The van der Waals surface area contributed by atoms with E-state index in [-0.39, 0.29) is 24.2 Å². The summed E-state index contributed by atoms with van der Waals surface area (Å²) in [6.07, 6.45) is 0. The molecule has 2 aromatic rings. The molecule has 0 spiro atoms. The maximum Gasteiger partial charge on any atom is 0.241 e. The summed E-state index contributed by atoms with van der Waals surface area (Å²) in [6.45, 7) is 2.89. The van der Waals surface area contributed by atoms with E-state index < -0.39 is 5.37 Å². The molecule has 6 nitrogen and oxygen atoms in total. The summed E-state index contributed by atoms with van der Waals surface area (Å²) in [4.78, 5) is 23.2. The summed E-state index contributed by atoms with van der Waals surface area (Å²) in [5.74, 6) is -0.271. The number of rotatable bonds is 4. The lowest BCUT2D eigenvalue weighted by molar-refractivity contribution is -0.129. The van der Waals surface area contributed by atoms with Gasteiger partial charge in [-0.1, -0.05) is 36.0 Å². The van der Waals surface area contributed by atoms with Crippen LogP contribution in [0.5, 0.6) is 5.75 Å². The Hall–Kier alpha value is -2.39. The molecular formula is C19H17BrFN3O3S. The van der Waals surface area contributed by atoms with Crippen molar-refractivity contribution >= 4 is 44.7 Å². The lowest BCUT2D eigenvalue weighted by Crippen LogP contribution is -2.25. The van der Waals surface area contributed by atoms with Gasteiger partial charge in [0.2, 0.25) is 11.8 Å². The molecule has 1 N–H and O–H groups in total. The van der Waals surface area contributed by atoms with E-state index >= 15 is 0 Å². The van der Waals surface area contributed by atoms with Gasteiger partial charge in [-0.25, -0.2) is 9.40 Å². The van der Waals surface area contributed by atoms with Crippen molar-refractivity contribution < 1.29 is 18.7 Å². The van der Waals surface area contributed by atoms with Gasteiger partial charge in [0.25, 0.3) is 0 Å². The molecule has 1 atom stereocenters. The number of amides is 2. The van der Waals surface area contributed by atoms with E-state index in [9.17, 15) is 14.0 Å². The lowest BCUT2D eigenvalue weighted by Gasteiger charge is -2.20. The van der Waals surface area contributed by atoms with Crippen molar-refractivity contribution in [3.63, 3.8) is 0 Å². The number of hydrazone groups is 1. The summed E-state index contributed by atoms with van der Waals surface area (Å²) >= 11 is 4.73. The van der Waals surface area contributed by atoms with Gasteiger partial charge in [-0.3, -0.25) is 9.59 Å². The van der Waals surface area contributed by atoms with Crippen LogP contribution in [0.25, 0.3) is 0 Å². The number of amidine groups is 1. The van der Waals surface area contributed by atoms with Gasteiger partial charge in [-0.15, -0.1) is 5.10 Å². The molecule has 2 aromatic carbocycles. The van der Waals surface area contributed by atoms with E-state index in [4.69, 9.17) is 4.74 Å². The van der Waals surface area contributed by atoms with Crippen LogP contribution < -0.4 is 10.1 Å². The van der Waals surface area contributed by atoms with Crippen molar-refractivity contribution in [2.24, 2.45) is 5.10 Å². The largest absolute Gasteiger partial charge is 0.488 e. The molecule has 1 aliphatic heterocycles. The highest BCUT2D eigenvalue weighted by Gasteiger charge is 2.32. The molecule has 1 heterocycles. The summed E-state index contributed by atoms with van der Waals surface area (Å²) in [5, 5.41) is 8.05. The highest BCUT2D eigenvalue weighted by Crippen LogP contribution is 2.41. The highest BCUT2D eigenvalue weighted by molar-refractivity contribution is 9.10. The number of carbonyl (C=O) groups is 2. The van der Waals surface area contributed by atoms with E-state index in [0.29, 0.717) is 21.0 Å². The van der Waals surface area contributed by atoms with Crippen LogP contribution in [0.3, 0.4) is 0 Å². The summed E-state index contributed by atoms with van der Waals surface area (Å²) < 4.78 is 20.1. The zero-order chi connectivity index (χ0) is 20.3. The van der Waals surface area contributed by atoms with Crippen molar-refractivity contribution in [2.75, 3.05) is 0 Å². The van der Waals surface area contributed by atoms with Crippen molar-refractivity contribution in [1.29, 1.82) is 0 Å². The van der Waals surface area contributed by atoms with Gasteiger partial charge in [0.1, 0.15) is 23.5 Å². The molecule has 2 amide bonds. The fourth-order valence-corrected chi connectivity index (χ4v) is 4.18. The maximum atomic E-state index is 13.7. The minimum Gasteiger partial charge on any atom is -0.488 e. The Labute approximate surface area is 174 Å². The second-order valence-electron chi connectivity index (χ2n) is 5.99. The molecule has 0 saturated heterocycles. The molecule has 0 saturated carbocycles. The second-order valence-corrected chi connectivity index (χ2v) is 7.91. The van der Waals surface area contributed by atoms with Gasteiger partial charge >= 0.3 is 0 Å². The van der Waals surface area contributed by atoms with Gasteiger partial charge < -0.3 is 10.1 Å². The number of hydrogen-bond donors (Lipinski definition) is 1. The molecule has 0 aromatic heterocycles. The predicted molar refractivity (Wildman–Crippen MR) is 109 cm³/mol. The molecule has 0 bridgehead atoms. The Balaban J connectivity index is 1.75. The van der Waals surface area contributed by atoms with Crippen molar-refractivity contribution in [1.82, 2.24) is 10.3 Å². The molecule has 1 aliphatic rings. The standard InChI is InChI=1S/C19H17BrFN3O3S/c1-11(25)22-19-23-24(12(2)26)18(28-19)13-7-8-17(15(20)9-13)27-10-14-5-3-4-6-16(14)21/h3-9,18H,10H2,1-2H3,(H,22,23,25). The summed E-state index contributed by atoms with van der Waals surface area (Å²) in [7, 11) is 0. The van der Waals surface area contributed by atoms with Crippen LogP contribution in [0.4, 0.5) is 4.39 Å². The first-order valence-corrected chi connectivity index (χ1v) is 10.0. The van der Waals surface area contributed by atoms with Gasteiger partial charge in [0.05, 0.1) is 4.47 Å². The van der Waals surface area contributed by atoms with E-state index in [2.05, 4.69) is 26.3 Å². The Morgan fingerprint density at radius 1 is 1.29 bits per heavy atom. The monoisotopic (exact) mass is 465 g/mol. The average molecular weight is 466 g/mol. The fourth-order valence-electron chi connectivity index (χ4n) is 2.54. The van der Waals surface area contributed by atoms with Gasteiger partial charge in [0.15, 0.2) is 5.17 Å². The van der Waals surface area contributed by atoms with Gasteiger partial charge in [0, 0.05) is 19.4 Å². The molecule has 146 valence electrons. The van der Waals surface area contributed by atoms with Crippen LogP contribution in [-0.4, -0.2) is 22.0 Å². The van der Waals surface area contributed by atoms with E-state index in [1.807, 2.05) is 6.07 Å². The normalized spacial score (nSPS) is 15.9. The number of halogens is 2. The Morgan fingerprint density at radius 2 is 2.04 bits per heavy atom. The third-order valence-corrected chi connectivity index (χ3v) is 5.55. The number of carbonyl (C=O) groups excluding carboxylic acids is 2. The third kappa shape index (κ3) is 4.71. The van der Waals surface area contributed by atoms with Crippen LogP contribution in [0.2, 0.25) is 0 Å². The molecule has 3 rings (SSSR count). The average Bonchev–Trinajstić information content (AvgIpc) is 3.05. The zero-order valence-electron chi connectivity index (χ0n) is 15.1. The van der Waals surface area contributed by atoms with Gasteiger partial charge in [-0.05, 0) is 39.7 Å². The molecular weight excluding hydrogens is 449 g/mol. The molecule has 0 fully saturated rings. The topological polar surface area (TPSA) is 71.0 Å². The van der Waals surface area contributed by atoms with E-state index in [1.165, 1.54) is 36.7 Å². The summed E-state index contributed by atoms with van der Waals surface area (Å²) in [5.41, 5.74) is 1.26. The van der Waals surface area contributed by atoms with Crippen molar-refractivity contribution in [2.45, 2.75) is 25.8 Å². The first kappa shape index (κ1) is 20.3. The van der Waals surface area contributed by atoms with E-state index in [0.717, 1.165) is 5.56 Å². The molecule has 28 heavy (non-hydrogen) atoms. The Morgan fingerprint density at radius 3 is 2.68 bits per heavy atom. The zero-order valence-corrected chi connectivity index (χ0v) is 17.5. The molecule has 1 unspecified atom stereocenters. The SMILES string of the molecule is CC(=O)NC1=NN(C(C)=O)C(c2ccc(OCc3ccccc3F)c(Br)c2)S1. The smallest absolute Gasteiger partial charge is 0.241 e. The minimum absolute atomic E-state index is 0.0954. The first-order valence-electron chi connectivity index (χ1n) is 8.33. The molecule has 9 heteroatoms. The number of nitrogens with one attached hydrogen (secondary N) is 1. The second kappa shape index (κ2) is 8.74. The highest BCUT2D eigenvalue weighted by atomic mass is 79.9. The predicted octanol–water partition coefficient (Wildman–Crippen LogP) is 4.17. The number of benzene rings is 2. The van der Waals surface area contributed by atoms with Crippen molar-refractivity contribution in [3.05, 3.63) is 63.9 Å². The fraction of sp³-hybridized carbons (Fsp3) is 0.211. The Kier molecular flexibility index (Phi) is 6.35. The number of nitrogens with zero attached hydrogens (tertiary/aromatic N) is 2. The van der Waals surface area contributed by atoms with Crippen LogP contribution in [-0.2, 0) is 16.2 Å². The van der Waals surface area contributed by atoms with Crippen LogP contribution >= 0.6 is 27.7 Å². The minimum atomic E-state index is -0.406. The maximum absolute atomic E-state index is 13.7. The summed E-state index contributed by atoms with van der Waals surface area (Å²) in [6, 6.07) is 11.8. The van der Waals surface area contributed by atoms with Gasteiger partial charge in [-0.2, -0.15) is 0 Å². The third-order valence-electron chi connectivity index (χ3n) is 3.83. The number of hydrogen-bond acceptors (Lipinski definition) is 5. The quantitative estimate of drug-likeness (QED) is 0.735. The first-order chi connectivity index (χ1) is 13.3. The van der Waals surface area contributed by atoms with Crippen LogP contribution in [0.1, 0.15) is 30.3 Å². The van der Waals surface area contributed by atoms with E-state index in [1.54, 1.807) is 30.3 Å². The van der Waals surface area contributed by atoms with Crippen LogP contribution in [0.15, 0.2) is 52.0 Å². The lowest BCUT2D eigenvalue weighted by atomic mass is 10.2. The van der Waals surface area contributed by atoms with Crippen LogP contribution in [0, 0.1) is 5.82 Å². The number of thioether (sulfide) groups is 1.